The van der Waals surface area contributed by atoms with Crippen LogP contribution in [0.25, 0.3) is 66.1 Å². The van der Waals surface area contributed by atoms with E-state index in [-0.39, 0.29) is 32.8 Å². The van der Waals surface area contributed by atoms with Gasteiger partial charge in [0.25, 0.3) is 0 Å². The van der Waals surface area contributed by atoms with Gasteiger partial charge in [0.1, 0.15) is 17.4 Å². The van der Waals surface area contributed by atoms with E-state index in [1.54, 1.807) is 12.1 Å². The molecule has 0 unspecified atom stereocenters. The molecule has 2 heterocycles. The maximum atomic E-state index is 16.2. The van der Waals surface area contributed by atoms with Crippen molar-refractivity contribution in [2.24, 2.45) is 0 Å². The van der Waals surface area contributed by atoms with Crippen molar-refractivity contribution in [1.82, 2.24) is 9.13 Å². The Balaban J connectivity index is 1.64. The molecule has 0 atom stereocenters. The van der Waals surface area contributed by atoms with Crippen molar-refractivity contribution < 1.29 is 17.6 Å². The van der Waals surface area contributed by atoms with E-state index in [0.29, 0.717) is 17.4 Å². The Morgan fingerprint density at radius 2 is 0.733 bits per heavy atom. The Morgan fingerprint density at radius 3 is 1.02 bits per heavy atom. The third-order valence-electron chi connectivity index (χ3n) is 12.1. The van der Waals surface area contributed by atoms with Gasteiger partial charge in [-0.1, -0.05) is 132 Å². The second kappa shape index (κ2) is 13.6. The van der Waals surface area contributed by atoms with E-state index < -0.39 is 28.8 Å². The largest absolute Gasteiger partial charge is 0.308 e. The SMILES string of the molecule is CC(C)(C)c1ccc2c3ccc(C(C)(C)C)cc3n(-c3cc(-c4c(F)cc(F)c(F)c4F)cc(-n4c5cc(C(C)(C)C)ccc5c5ccc(C(C)(C)C)cc54)c3C#N)c2c1. The molecule has 2 aromatic heterocycles. The first kappa shape index (κ1) is 40.9. The minimum Gasteiger partial charge on any atom is -0.308 e. The van der Waals surface area contributed by atoms with Gasteiger partial charge >= 0.3 is 0 Å². The first-order chi connectivity index (χ1) is 27.9. The van der Waals surface area contributed by atoms with Gasteiger partial charge in [-0.25, -0.2) is 17.6 Å². The maximum absolute atomic E-state index is 16.2. The van der Waals surface area contributed by atoms with Crippen molar-refractivity contribution in [3.05, 3.63) is 142 Å². The topological polar surface area (TPSA) is 33.6 Å². The van der Waals surface area contributed by atoms with Crippen molar-refractivity contribution in [3.8, 4) is 28.6 Å². The number of aromatic nitrogens is 2. The molecule has 0 saturated carbocycles. The van der Waals surface area contributed by atoms with Crippen LogP contribution in [0.3, 0.4) is 0 Å². The molecule has 0 amide bonds. The van der Waals surface area contributed by atoms with Crippen LogP contribution in [0.15, 0.2) is 91.0 Å². The van der Waals surface area contributed by atoms with Gasteiger partial charge in [0.2, 0.25) is 0 Å². The zero-order valence-electron chi connectivity index (χ0n) is 36.5. The number of benzene rings is 6. The number of hydrogen-bond acceptors (Lipinski definition) is 1. The van der Waals surface area contributed by atoms with Crippen molar-refractivity contribution in [2.75, 3.05) is 0 Å². The summed E-state index contributed by atoms with van der Waals surface area (Å²) >= 11 is 0. The Bertz CT molecular complexity index is 2810. The molecule has 0 fully saturated rings. The summed E-state index contributed by atoms with van der Waals surface area (Å²) < 4.78 is 66.1. The lowest BCUT2D eigenvalue weighted by Crippen LogP contribution is -2.12. The zero-order valence-corrected chi connectivity index (χ0v) is 36.5. The molecule has 0 aliphatic carbocycles. The van der Waals surface area contributed by atoms with Crippen molar-refractivity contribution >= 4 is 43.6 Å². The monoisotopic (exact) mass is 805 g/mol. The highest BCUT2D eigenvalue weighted by atomic mass is 19.2. The predicted octanol–water partition coefficient (Wildman–Crippen LogP) is 15.2. The third-order valence-corrected chi connectivity index (χ3v) is 12.1. The summed E-state index contributed by atoms with van der Waals surface area (Å²) in [5.74, 6) is -6.30. The summed E-state index contributed by atoms with van der Waals surface area (Å²) in [5.41, 5.74) is 6.57. The van der Waals surface area contributed by atoms with Gasteiger partial charge in [-0.3, -0.25) is 0 Å². The van der Waals surface area contributed by atoms with E-state index in [1.807, 2.05) is 9.13 Å². The highest BCUT2D eigenvalue weighted by Gasteiger charge is 2.29. The number of nitriles is 1. The van der Waals surface area contributed by atoms with E-state index in [4.69, 9.17) is 0 Å². The van der Waals surface area contributed by atoms with Crippen LogP contribution in [0, 0.1) is 34.6 Å². The summed E-state index contributed by atoms with van der Waals surface area (Å²) in [6.07, 6.45) is 0. The van der Waals surface area contributed by atoms with Crippen LogP contribution in [0.4, 0.5) is 17.6 Å². The van der Waals surface area contributed by atoms with E-state index in [1.165, 1.54) is 0 Å². The Kier molecular flexibility index (Phi) is 9.25. The zero-order chi connectivity index (χ0) is 43.6. The molecular formula is C53H51F4N3. The fraction of sp³-hybridized carbons (Fsp3) is 0.302. The predicted molar refractivity (Wildman–Crippen MR) is 240 cm³/mol. The summed E-state index contributed by atoms with van der Waals surface area (Å²) in [5, 5.41) is 15.3. The molecule has 0 spiro atoms. The molecular weight excluding hydrogens is 755 g/mol. The van der Waals surface area contributed by atoms with Crippen LogP contribution >= 0.6 is 0 Å². The molecule has 0 aliphatic heterocycles. The van der Waals surface area contributed by atoms with Gasteiger partial charge in [-0.05, 0) is 85.9 Å². The van der Waals surface area contributed by atoms with Crippen molar-refractivity contribution in [2.45, 2.75) is 105 Å². The van der Waals surface area contributed by atoms with Gasteiger partial charge in [-0.15, -0.1) is 0 Å². The second-order valence-electron chi connectivity index (χ2n) is 20.4. The first-order valence-corrected chi connectivity index (χ1v) is 20.5. The van der Waals surface area contributed by atoms with Crippen LogP contribution in [0.5, 0.6) is 0 Å². The van der Waals surface area contributed by atoms with Crippen LogP contribution < -0.4 is 0 Å². The second-order valence-corrected chi connectivity index (χ2v) is 20.4. The summed E-state index contributed by atoms with van der Waals surface area (Å²) in [6, 6.07) is 31.3. The van der Waals surface area contributed by atoms with Crippen molar-refractivity contribution in [1.29, 1.82) is 5.26 Å². The fourth-order valence-electron chi connectivity index (χ4n) is 8.48. The highest BCUT2D eigenvalue weighted by molar-refractivity contribution is 6.12. The van der Waals surface area contributed by atoms with Gasteiger partial charge in [0.15, 0.2) is 17.5 Å². The van der Waals surface area contributed by atoms with Crippen molar-refractivity contribution in [3.63, 3.8) is 0 Å². The molecule has 0 bridgehead atoms. The lowest BCUT2D eigenvalue weighted by atomic mass is 9.86. The summed E-state index contributed by atoms with van der Waals surface area (Å²) in [6.45, 7) is 25.6. The number of rotatable bonds is 3. The highest BCUT2D eigenvalue weighted by Crippen LogP contribution is 2.44. The van der Waals surface area contributed by atoms with E-state index in [0.717, 1.165) is 65.9 Å². The fourth-order valence-corrected chi connectivity index (χ4v) is 8.48. The number of hydrogen-bond donors (Lipinski definition) is 0. The van der Waals surface area contributed by atoms with Gasteiger partial charge in [0, 0.05) is 27.6 Å². The lowest BCUT2D eigenvalue weighted by molar-refractivity contribution is 0.437. The quantitative estimate of drug-likeness (QED) is 0.0995. The van der Waals surface area contributed by atoms with E-state index in [9.17, 15) is 9.65 Å². The van der Waals surface area contributed by atoms with Crippen LogP contribution in [0.2, 0.25) is 0 Å². The summed E-state index contributed by atoms with van der Waals surface area (Å²) in [7, 11) is 0. The molecule has 0 N–H and O–H groups in total. The minimum atomic E-state index is -1.78. The number of fused-ring (bicyclic) bond motifs is 6. The molecule has 0 aliphatic rings. The molecule has 8 rings (SSSR count). The van der Waals surface area contributed by atoms with Crippen LogP contribution in [-0.4, -0.2) is 9.13 Å². The average molecular weight is 806 g/mol. The molecule has 60 heavy (non-hydrogen) atoms. The smallest absolute Gasteiger partial charge is 0.195 e. The molecule has 0 radical (unpaired) electrons. The Hall–Kier alpha value is -5.87. The van der Waals surface area contributed by atoms with Crippen LogP contribution in [0.1, 0.15) is 111 Å². The molecule has 7 heteroatoms. The molecule has 306 valence electrons. The van der Waals surface area contributed by atoms with E-state index >= 15 is 13.2 Å². The number of nitrogens with zero attached hydrogens (tertiary/aromatic N) is 3. The minimum absolute atomic E-state index is 0.0456. The average Bonchev–Trinajstić information content (AvgIpc) is 3.66. The summed E-state index contributed by atoms with van der Waals surface area (Å²) in [4.78, 5) is 0. The van der Waals surface area contributed by atoms with E-state index in [2.05, 4.69) is 162 Å². The third kappa shape index (κ3) is 6.56. The Morgan fingerprint density at radius 1 is 0.417 bits per heavy atom. The normalized spacial score (nSPS) is 13.0. The van der Waals surface area contributed by atoms with Crippen LogP contribution in [-0.2, 0) is 21.7 Å². The van der Waals surface area contributed by atoms with Gasteiger partial charge in [0.05, 0.1) is 39.0 Å². The first-order valence-electron chi connectivity index (χ1n) is 20.5. The molecule has 3 nitrogen and oxygen atoms in total. The lowest BCUT2D eigenvalue weighted by Gasteiger charge is -2.23. The number of halogens is 4. The molecule has 0 saturated heterocycles. The Labute approximate surface area is 349 Å². The standard InChI is InChI=1S/C53H51F4N3/c1-50(2,3)30-13-17-34-35-18-14-31(51(4,5)6)24-44(35)59(43(34)23-30)41-21-29(47-39(54)27-40(55)48(56)49(47)57)22-42(38(41)28-58)60-45-25-32(52(7,8)9)15-19-36(45)37-20-16-33(26-46(37)60)53(10,11)12/h13-27H,1-12H3. The molecule has 6 aromatic carbocycles. The maximum Gasteiger partial charge on any atom is 0.195 e. The molecule has 8 aromatic rings. The van der Waals surface area contributed by atoms with Gasteiger partial charge in [-0.2, -0.15) is 5.26 Å². The van der Waals surface area contributed by atoms with Gasteiger partial charge < -0.3 is 9.13 Å².